The highest BCUT2D eigenvalue weighted by Gasteiger charge is 2.55. The van der Waals surface area contributed by atoms with Crippen LogP contribution in [0.3, 0.4) is 0 Å². The first kappa shape index (κ1) is 12.4. The third-order valence-corrected chi connectivity index (χ3v) is 4.50. The quantitative estimate of drug-likeness (QED) is 0.746. The summed E-state index contributed by atoms with van der Waals surface area (Å²) in [6, 6.07) is -1.53. The van der Waals surface area contributed by atoms with Crippen molar-refractivity contribution < 1.29 is 19.5 Å². The first-order chi connectivity index (χ1) is 9.03. The van der Waals surface area contributed by atoms with Gasteiger partial charge in [-0.1, -0.05) is 25.7 Å². The highest BCUT2D eigenvalue weighted by molar-refractivity contribution is 6.09. The molecular formula is C13H18N2O4. The number of carboxylic acid groups (broad SMARTS) is 1. The summed E-state index contributed by atoms with van der Waals surface area (Å²) in [5, 5.41) is 12.0. The average Bonchev–Trinajstić information content (AvgIpc) is 2.99. The van der Waals surface area contributed by atoms with Crippen LogP contribution in [-0.2, 0) is 9.59 Å². The van der Waals surface area contributed by atoms with E-state index in [4.69, 9.17) is 0 Å². The number of nitrogens with one attached hydrogen (secondary N) is 1. The van der Waals surface area contributed by atoms with Crippen molar-refractivity contribution in [3.05, 3.63) is 0 Å². The zero-order valence-electron chi connectivity index (χ0n) is 10.7. The zero-order valence-corrected chi connectivity index (χ0v) is 10.7. The summed E-state index contributed by atoms with van der Waals surface area (Å²) in [6.07, 6.45) is 5.45. The van der Waals surface area contributed by atoms with Crippen LogP contribution in [0.5, 0.6) is 0 Å². The van der Waals surface area contributed by atoms with Crippen molar-refractivity contribution in [3.63, 3.8) is 0 Å². The Bertz CT molecular complexity index is 438. The summed E-state index contributed by atoms with van der Waals surface area (Å²) in [5.41, 5.74) is -0.811. The molecule has 1 spiro atoms. The van der Waals surface area contributed by atoms with Gasteiger partial charge in [0.25, 0.3) is 5.91 Å². The van der Waals surface area contributed by atoms with Crippen LogP contribution in [0.1, 0.15) is 44.9 Å². The molecule has 2 N–H and O–H groups in total. The van der Waals surface area contributed by atoms with Crippen LogP contribution in [-0.4, -0.2) is 39.5 Å². The van der Waals surface area contributed by atoms with Crippen molar-refractivity contribution in [2.45, 2.75) is 56.5 Å². The maximum absolute atomic E-state index is 12.5. The molecule has 1 saturated heterocycles. The van der Waals surface area contributed by atoms with Crippen LogP contribution < -0.4 is 5.32 Å². The molecule has 3 rings (SSSR count). The Hall–Kier alpha value is -1.59. The number of rotatable bonds is 4. The minimum Gasteiger partial charge on any atom is -0.480 e. The number of carboxylic acids is 1. The largest absolute Gasteiger partial charge is 0.480 e. The van der Waals surface area contributed by atoms with Gasteiger partial charge in [-0.2, -0.15) is 0 Å². The van der Waals surface area contributed by atoms with Crippen LogP contribution in [0.2, 0.25) is 0 Å². The Morgan fingerprint density at radius 2 is 2.00 bits per heavy atom. The predicted molar refractivity (Wildman–Crippen MR) is 65.3 cm³/mol. The van der Waals surface area contributed by atoms with Gasteiger partial charge in [-0.3, -0.25) is 4.79 Å². The Kier molecular flexibility index (Phi) is 2.76. The highest BCUT2D eigenvalue weighted by atomic mass is 16.4. The third kappa shape index (κ3) is 1.99. The van der Waals surface area contributed by atoms with E-state index in [1.165, 1.54) is 0 Å². The summed E-state index contributed by atoms with van der Waals surface area (Å²) in [7, 11) is 0. The van der Waals surface area contributed by atoms with Crippen molar-refractivity contribution in [1.82, 2.24) is 10.2 Å². The van der Waals surface area contributed by atoms with Crippen LogP contribution in [0.15, 0.2) is 0 Å². The molecule has 0 aromatic carbocycles. The van der Waals surface area contributed by atoms with Gasteiger partial charge < -0.3 is 10.4 Å². The third-order valence-electron chi connectivity index (χ3n) is 4.50. The molecule has 0 unspecified atom stereocenters. The summed E-state index contributed by atoms with van der Waals surface area (Å²) >= 11 is 0. The van der Waals surface area contributed by atoms with E-state index in [0.717, 1.165) is 30.6 Å². The lowest BCUT2D eigenvalue weighted by molar-refractivity contribution is -0.148. The number of urea groups is 1. The van der Waals surface area contributed by atoms with E-state index in [9.17, 15) is 19.5 Å². The van der Waals surface area contributed by atoms with E-state index >= 15 is 0 Å². The molecule has 3 amide bonds. The normalized spacial score (nSPS) is 26.8. The van der Waals surface area contributed by atoms with E-state index in [0.29, 0.717) is 25.2 Å². The lowest BCUT2D eigenvalue weighted by atomic mass is 9.97. The molecule has 1 atom stereocenters. The predicted octanol–water partition coefficient (Wildman–Crippen LogP) is 1.10. The minimum absolute atomic E-state index is 0.331. The van der Waals surface area contributed by atoms with E-state index < -0.39 is 23.6 Å². The molecule has 3 aliphatic rings. The molecule has 3 fully saturated rings. The maximum Gasteiger partial charge on any atom is 0.327 e. The van der Waals surface area contributed by atoms with Crippen LogP contribution in [0.4, 0.5) is 4.79 Å². The van der Waals surface area contributed by atoms with Gasteiger partial charge >= 0.3 is 12.0 Å². The van der Waals surface area contributed by atoms with Gasteiger partial charge in [0.2, 0.25) is 0 Å². The van der Waals surface area contributed by atoms with Crippen molar-refractivity contribution in [1.29, 1.82) is 0 Å². The molecule has 1 aliphatic heterocycles. The summed E-state index contributed by atoms with van der Waals surface area (Å²) in [4.78, 5) is 36.8. The van der Waals surface area contributed by atoms with Gasteiger partial charge in [-0.25, -0.2) is 14.5 Å². The molecular weight excluding hydrogens is 248 g/mol. The molecule has 0 bridgehead atoms. The van der Waals surface area contributed by atoms with Crippen molar-refractivity contribution in [3.8, 4) is 0 Å². The number of nitrogens with zero attached hydrogens (tertiary/aromatic N) is 1. The number of carbonyl (C=O) groups is 3. The van der Waals surface area contributed by atoms with E-state index in [1.54, 1.807) is 0 Å². The van der Waals surface area contributed by atoms with Crippen molar-refractivity contribution in [2.24, 2.45) is 5.92 Å². The topological polar surface area (TPSA) is 86.7 Å². The Morgan fingerprint density at radius 3 is 2.53 bits per heavy atom. The molecule has 2 aliphatic carbocycles. The summed E-state index contributed by atoms with van der Waals surface area (Å²) in [5.74, 6) is -1.06. The average molecular weight is 266 g/mol. The van der Waals surface area contributed by atoms with Gasteiger partial charge in [-0.15, -0.1) is 0 Å². The Balaban J connectivity index is 1.83. The zero-order chi connectivity index (χ0) is 13.6. The highest BCUT2D eigenvalue weighted by Crippen LogP contribution is 2.39. The lowest BCUT2D eigenvalue weighted by Crippen LogP contribution is -2.48. The number of carbonyl (C=O) groups excluding carboxylic acids is 2. The number of aliphatic carboxylic acids is 1. The first-order valence-electron chi connectivity index (χ1n) is 6.92. The molecule has 0 radical (unpaired) electrons. The molecule has 1 heterocycles. The molecule has 0 aromatic rings. The monoisotopic (exact) mass is 266 g/mol. The number of hydrogen-bond donors (Lipinski definition) is 2. The van der Waals surface area contributed by atoms with Gasteiger partial charge in [0.05, 0.1) is 0 Å². The van der Waals surface area contributed by atoms with Gasteiger partial charge in [0.15, 0.2) is 0 Å². The smallest absolute Gasteiger partial charge is 0.327 e. The summed E-state index contributed by atoms with van der Waals surface area (Å²) < 4.78 is 0. The SMILES string of the molecule is O=C(O)[C@H](CC1CC1)N1C(=O)NC2(CCCC2)C1=O. The van der Waals surface area contributed by atoms with E-state index in [1.807, 2.05) is 0 Å². The van der Waals surface area contributed by atoms with Crippen LogP contribution in [0.25, 0.3) is 0 Å². The fraction of sp³-hybridized carbons (Fsp3) is 0.769. The number of hydrogen-bond acceptors (Lipinski definition) is 3. The lowest BCUT2D eigenvalue weighted by Gasteiger charge is -2.24. The second-order valence-electron chi connectivity index (χ2n) is 5.93. The maximum atomic E-state index is 12.5. The Morgan fingerprint density at radius 1 is 1.37 bits per heavy atom. The van der Waals surface area contributed by atoms with Crippen LogP contribution in [0, 0.1) is 5.92 Å². The number of amides is 3. The molecule has 6 heteroatoms. The molecule has 2 saturated carbocycles. The standard InChI is InChI=1S/C13H18N2O4/c16-10(17)9(7-8-3-4-8)15-11(18)13(14-12(15)19)5-1-2-6-13/h8-9H,1-7H2,(H,14,19)(H,16,17)/t9-/m0/s1. The van der Waals surface area contributed by atoms with Crippen molar-refractivity contribution in [2.75, 3.05) is 0 Å². The van der Waals surface area contributed by atoms with E-state index in [-0.39, 0.29) is 5.91 Å². The van der Waals surface area contributed by atoms with Gasteiger partial charge in [-0.05, 0) is 25.2 Å². The fourth-order valence-electron chi connectivity index (χ4n) is 3.23. The molecule has 6 nitrogen and oxygen atoms in total. The molecule has 0 aromatic heterocycles. The first-order valence-corrected chi connectivity index (χ1v) is 6.92. The van der Waals surface area contributed by atoms with Gasteiger partial charge in [0, 0.05) is 0 Å². The fourth-order valence-corrected chi connectivity index (χ4v) is 3.23. The molecule has 104 valence electrons. The summed E-state index contributed by atoms with van der Waals surface area (Å²) in [6.45, 7) is 0. The number of imide groups is 1. The van der Waals surface area contributed by atoms with Crippen LogP contribution >= 0.6 is 0 Å². The van der Waals surface area contributed by atoms with Gasteiger partial charge in [0.1, 0.15) is 11.6 Å². The second-order valence-corrected chi connectivity index (χ2v) is 5.93. The van der Waals surface area contributed by atoms with Crippen molar-refractivity contribution >= 4 is 17.9 Å². The van der Waals surface area contributed by atoms with E-state index in [2.05, 4.69) is 5.32 Å². The minimum atomic E-state index is -1.08. The Labute approximate surface area is 111 Å². The second kappa shape index (κ2) is 4.21. The molecule has 19 heavy (non-hydrogen) atoms.